The first-order valence-corrected chi connectivity index (χ1v) is 8.88. The van der Waals surface area contributed by atoms with Gasteiger partial charge in [0.25, 0.3) is 0 Å². The number of halogens is 2. The first kappa shape index (κ1) is 17.7. The van der Waals surface area contributed by atoms with Crippen LogP contribution in [0.5, 0.6) is 0 Å². The number of carbonyl (C=O) groups excluding carboxylic acids is 1. The number of amides is 2. The molecule has 1 fully saturated rings. The number of hydrogen-bond donors (Lipinski definition) is 1. The summed E-state index contributed by atoms with van der Waals surface area (Å²) in [5.41, 5.74) is 1.97. The van der Waals surface area contributed by atoms with Gasteiger partial charge in [-0.2, -0.15) is 0 Å². The Balaban J connectivity index is 1.70. The van der Waals surface area contributed by atoms with Crippen LogP contribution >= 0.6 is 11.6 Å². The summed E-state index contributed by atoms with van der Waals surface area (Å²) in [6.45, 7) is 1.93. The maximum atomic E-state index is 13.1. The monoisotopic (exact) mass is 360 g/mol. The highest BCUT2D eigenvalue weighted by Gasteiger charge is 2.34. The van der Waals surface area contributed by atoms with E-state index in [1.807, 2.05) is 31.2 Å². The van der Waals surface area contributed by atoms with Gasteiger partial charge in [0.15, 0.2) is 0 Å². The van der Waals surface area contributed by atoms with E-state index in [0.717, 1.165) is 24.0 Å². The van der Waals surface area contributed by atoms with Crippen LogP contribution in [0.25, 0.3) is 0 Å². The van der Waals surface area contributed by atoms with Crippen molar-refractivity contribution in [1.29, 1.82) is 0 Å². The summed E-state index contributed by atoms with van der Waals surface area (Å²) in [6.07, 6.45) is 2.23. The van der Waals surface area contributed by atoms with Crippen LogP contribution in [-0.2, 0) is 0 Å². The highest BCUT2D eigenvalue weighted by atomic mass is 35.5. The first-order valence-electron chi connectivity index (χ1n) is 8.50. The third-order valence-electron chi connectivity index (χ3n) is 4.86. The van der Waals surface area contributed by atoms with Crippen molar-refractivity contribution in [3.05, 3.63) is 70.5 Å². The van der Waals surface area contributed by atoms with Crippen LogP contribution in [-0.4, -0.2) is 18.0 Å². The predicted molar refractivity (Wildman–Crippen MR) is 98.0 cm³/mol. The van der Waals surface area contributed by atoms with Gasteiger partial charge in [0.1, 0.15) is 5.82 Å². The molecule has 0 spiro atoms. The van der Waals surface area contributed by atoms with Gasteiger partial charge in [0.05, 0.1) is 12.1 Å². The summed E-state index contributed by atoms with van der Waals surface area (Å²) >= 11 is 5.97. The van der Waals surface area contributed by atoms with E-state index in [4.69, 9.17) is 11.6 Å². The second kappa shape index (κ2) is 7.44. The van der Waals surface area contributed by atoms with Crippen LogP contribution in [0.1, 0.15) is 43.0 Å². The Hall–Kier alpha value is -2.07. The van der Waals surface area contributed by atoms with Gasteiger partial charge in [-0.25, -0.2) is 9.18 Å². The molecule has 2 amide bonds. The molecule has 3 nitrogen and oxygen atoms in total. The van der Waals surface area contributed by atoms with E-state index < -0.39 is 0 Å². The van der Waals surface area contributed by atoms with Crippen LogP contribution in [0.2, 0.25) is 5.02 Å². The molecule has 2 aromatic rings. The summed E-state index contributed by atoms with van der Waals surface area (Å²) in [6, 6.07) is 13.6. The largest absolute Gasteiger partial charge is 0.331 e. The summed E-state index contributed by atoms with van der Waals surface area (Å²) in [4.78, 5) is 14.4. The zero-order valence-electron chi connectivity index (χ0n) is 14.4. The van der Waals surface area contributed by atoms with Gasteiger partial charge in [-0.3, -0.25) is 0 Å². The SMILES string of the molecule is C[C@@H](c1ccc(F)cc1)N(C)C(=O)N[C@H](c1ccc(Cl)cc1)C1CC1. The molecule has 0 aliphatic heterocycles. The number of carbonyl (C=O) groups is 1. The Morgan fingerprint density at radius 3 is 2.24 bits per heavy atom. The van der Waals surface area contributed by atoms with E-state index >= 15 is 0 Å². The Kier molecular flexibility index (Phi) is 5.28. The second-order valence-electron chi connectivity index (χ2n) is 6.65. The van der Waals surface area contributed by atoms with Crippen molar-refractivity contribution < 1.29 is 9.18 Å². The van der Waals surface area contributed by atoms with E-state index in [2.05, 4.69) is 5.32 Å². The van der Waals surface area contributed by atoms with E-state index in [0.29, 0.717) is 10.9 Å². The standard InChI is InChI=1S/C20H22ClFN2O/c1-13(14-7-11-18(22)12-8-14)24(2)20(25)23-19(15-3-4-15)16-5-9-17(21)10-6-16/h5-13,15,19H,3-4H2,1-2H3,(H,23,25)/t13-,19-/m0/s1. The van der Waals surface area contributed by atoms with Gasteiger partial charge < -0.3 is 10.2 Å². The number of rotatable bonds is 5. The Morgan fingerprint density at radius 1 is 1.12 bits per heavy atom. The van der Waals surface area contributed by atoms with E-state index in [9.17, 15) is 9.18 Å². The van der Waals surface area contributed by atoms with Crippen LogP contribution < -0.4 is 5.32 Å². The van der Waals surface area contributed by atoms with Gasteiger partial charge in [-0.1, -0.05) is 35.9 Å². The molecule has 0 unspecified atom stereocenters. The molecule has 1 N–H and O–H groups in total. The Morgan fingerprint density at radius 2 is 1.68 bits per heavy atom. The van der Waals surface area contributed by atoms with Crippen molar-refractivity contribution in [1.82, 2.24) is 10.2 Å². The molecule has 3 rings (SSSR count). The lowest BCUT2D eigenvalue weighted by Crippen LogP contribution is -2.41. The van der Waals surface area contributed by atoms with E-state index in [-0.39, 0.29) is 23.9 Å². The quantitative estimate of drug-likeness (QED) is 0.767. The van der Waals surface area contributed by atoms with Crippen molar-refractivity contribution in [3.63, 3.8) is 0 Å². The smallest absolute Gasteiger partial charge is 0.318 e. The Labute approximate surface area is 152 Å². The Bertz CT molecular complexity index is 728. The summed E-state index contributed by atoms with van der Waals surface area (Å²) < 4.78 is 13.1. The highest BCUT2D eigenvalue weighted by Crippen LogP contribution is 2.41. The number of benzene rings is 2. The fraction of sp³-hybridized carbons (Fsp3) is 0.350. The molecule has 0 saturated heterocycles. The molecule has 0 radical (unpaired) electrons. The molecule has 0 bridgehead atoms. The normalized spacial score (nSPS) is 16.2. The summed E-state index contributed by atoms with van der Waals surface area (Å²) in [5.74, 6) is 0.194. The van der Waals surface area contributed by atoms with Gasteiger partial charge >= 0.3 is 6.03 Å². The van der Waals surface area contributed by atoms with Crippen molar-refractivity contribution in [2.24, 2.45) is 5.92 Å². The minimum absolute atomic E-state index is 0.00682. The maximum absolute atomic E-state index is 13.1. The van der Waals surface area contributed by atoms with Crippen LogP contribution in [0.15, 0.2) is 48.5 Å². The average Bonchev–Trinajstić information content (AvgIpc) is 3.45. The van der Waals surface area contributed by atoms with Gasteiger partial charge in [-0.15, -0.1) is 0 Å². The number of hydrogen-bond acceptors (Lipinski definition) is 1. The zero-order chi connectivity index (χ0) is 18.0. The highest BCUT2D eigenvalue weighted by molar-refractivity contribution is 6.30. The second-order valence-corrected chi connectivity index (χ2v) is 7.09. The van der Waals surface area contributed by atoms with Crippen LogP contribution in [0.4, 0.5) is 9.18 Å². The first-order chi connectivity index (χ1) is 12.0. The van der Waals surface area contributed by atoms with Gasteiger partial charge in [-0.05, 0) is 61.1 Å². The molecular weight excluding hydrogens is 339 g/mol. The fourth-order valence-corrected chi connectivity index (χ4v) is 3.07. The molecule has 0 heterocycles. The van der Waals surface area contributed by atoms with Crippen molar-refractivity contribution in [2.75, 3.05) is 7.05 Å². The van der Waals surface area contributed by atoms with Gasteiger partial charge in [0, 0.05) is 12.1 Å². The number of nitrogens with one attached hydrogen (secondary N) is 1. The molecule has 1 aliphatic rings. The summed E-state index contributed by atoms with van der Waals surface area (Å²) in [7, 11) is 1.76. The predicted octanol–water partition coefficient (Wildman–Crippen LogP) is 5.33. The molecule has 5 heteroatoms. The molecule has 1 aliphatic carbocycles. The molecule has 2 atom stereocenters. The number of nitrogens with zero attached hydrogens (tertiary/aromatic N) is 1. The average molecular weight is 361 g/mol. The van der Waals surface area contributed by atoms with Crippen LogP contribution in [0, 0.1) is 11.7 Å². The summed E-state index contributed by atoms with van der Waals surface area (Å²) in [5, 5.41) is 3.83. The third-order valence-corrected chi connectivity index (χ3v) is 5.11. The third kappa shape index (κ3) is 4.31. The van der Waals surface area contributed by atoms with Crippen LogP contribution in [0.3, 0.4) is 0 Å². The van der Waals surface area contributed by atoms with Crippen molar-refractivity contribution in [2.45, 2.75) is 31.8 Å². The number of urea groups is 1. The lowest BCUT2D eigenvalue weighted by atomic mass is 10.0. The maximum Gasteiger partial charge on any atom is 0.318 e. The van der Waals surface area contributed by atoms with Crippen molar-refractivity contribution >= 4 is 17.6 Å². The molecule has 2 aromatic carbocycles. The molecule has 25 heavy (non-hydrogen) atoms. The molecule has 1 saturated carbocycles. The topological polar surface area (TPSA) is 32.3 Å². The van der Waals surface area contributed by atoms with E-state index in [1.54, 1.807) is 24.1 Å². The molecular formula is C20H22ClFN2O. The fourth-order valence-electron chi connectivity index (χ4n) is 2.95. The van der Waals surface area contributed by atoms with Crippen molar-refractivity contribution in [3.8, 4) is 0 Å². The minimum Gasteiger partial charge on any atom is -0.331 e. The molecule has 132 valence electrons. The lowest BCUT2D eigenvalue weighted by Gasteiger charge is -2.28. The molecule has 0 aromatic heterocycles. The van der Waals surface area contributed by atoms with Gasteiger partial charge in [0.2, 0.25) is 0 Å². The lowest BCUT2D eigenvalue weighted by molar-refractivity contribution is 0.189. The minimum atomic E-state index is -0.278. The van der Waals surface area contributed by atoms with E-state index in [1.165, 1.54) is 12.1 Å². The zero-order valence-corrected chi connectivity index (χ0v) is 15.1.